The van der Waals surface area contributed by atoms with Gasteiger partial charge in [0.25, 0.3) is 0 Å². The van der Waals surface area contributed by atoms with E-state index in [1.807, 2.05) is 0 Å². The van der Waals surface area contributed by atoms with E-state index < -0.39 is 11.4 Å². The summed E-state index contributed by atoms with van der Waals surface area (Å²) >= 11 is 4.66. The van der Waals surface area contributed by atoms with Gasteiger partial charge in [-0.25, -0.2) is 4.79 Å². The lowest BCUT2D eigenvalue weighted by atomic mass is 9.87. The first kappa shape index (κ1) is 14.7. The van der Waals surface area contributed by atoms with Crippen LogP contribution in [0.5, 0.6) is 0 Å². The molecule has 0 aromatic heterocycles. The number of nitrogens with two attached hydrogens (primary N) is 1. The van der Waals surface area contributed by atoms with Gasteiger partial charge < -0.3 is 21.1 Å². The maximum absolute atomic E-state index is 10.8. The maximum Gasteiger partial charge on any atom is 0.322 e. The van der Waals surface area contributed by atoms with Crippen LogP contribution in [0, 0.1) is 5.41 Å². The molecule has 0 aromatic rings. The third-order valence-electron chi connectivity index (χ3n) is 2.21. The summed E-state index contributed by atoms with van der Waals surface area (Å²) in [6.07, 6.45) is 0.239. The summed E-state index contributed by atoms with van der Waals surface area (Å²) in [4.78, 5) is 10.8. The summed E-state index contributed by atoms with van der Waals surface area (Å²) in [5.74, 6) is 0. The number of aliphatic hydroxyl groups excluding tert-OH is 3. The Morgan fingerprint density at radius 2 is 1.80 bits per heavy atom. The van der Waals surface area contributed by atoms with E-state index in [1.165, 1.54) is 4.67 Å². The molecular formula is C7H15N2O4PS. The monoisotopic (exact) mass is 254 g/mol. The van der Waals surface area contributed by atoms with Crippen LogP contribution >= 0.6 is 7.51 Å². The molecule has 0 aliphatic rings. The van der Waals surface area contributed by atoms with Crippen LogP contribution in [0.25, 0.3) is 0 Å². The van der Waals surface area contributed by atoms with E-state index in [4.69, 9.17) is 21.1 Å². The summed E-state index contributed by atoms with van der Waals surface area (Å²) < 4.78 is 1.17. The van der Waals surface area contributed by atoms with Gasteiger partial charge in [-0.15, -0.1) is 0 Å². The molecule has 15 heavy (non-hydrogen) atoms. The topological polar surface area (TPSA) is 107 Å². The van der Waals surface area contributed by atoms with Gasteiger partial charge in [-0.3, -0.25) is 4.67 Å². The summed E-state index contributed by atoms with van der Waals surface area (Å²) in [5.41, 5.74) is 4.03. The first-order valence-electron chi connectivity index (χ1n) is 4.28. The number of carbonyl (C=O) groups is 1. The Balaban J connectivity index is 4.31. The van der Waals surface area contributed by atoms with Crippen molar-refractivity contribution in [1.29, 1.82) is 0 Å². The number of primary amides is 1. The molecule has 2 amide bonds. The van der Waals surface area contributed by atoms with Crippen molar-refractivity contribution >= 4 is 25.3 Å². The minimum atomic E-state index is -0.992. The van der Waals surface area contributed by atoms with Crippen LogP contribution in [0.1, 0.15) is 6.42 Å². The maximum atomic E-state index is 10.8. The summed E-state index contributed by atoms with van der Waals surface area (Å²) in [6.45, 7) is -0.884. The van der Waals surface area contributed by atoms with E-state index >= 15 is 0 Å². The molecule has 0 radical (unpaired) electrons. The molecule has 88 valence electrons. The van der Waals surface area contributed by atoms with Gasteiger partial charge in [-0.05, 0) is 18.2 Å². The Labute approximate surface area is 94.6 Å². The molecule has 0 rings (SSSR count). The van der Waals surface area contributed by atoms with E-state index in [0.717, 1.165) is 0 Å². The molecular weight excluding hydrogens is 239 g/mol. The van der Waals surface area contributed by atoms with E-state index in [1.54, 1.807) is 0 Å². The van der Waals surface area contributed by atoms with Crippen LogP contribution in [0.15, 0.2) is 0 Å². The fourth-order valence-electron chi connectivity index (χ4n) is 0.921. The van der Waals surface area contributed by atoms with Crippen molar-refractivity contribution < 1.29 is 20.1 Å². The Morgan fingerprint density at radius 3 is 2.07 bits per heavy atom. The average Bonchev–Trinajstić information content (AvgIpc) is 2.25. The highest BCUT2D eigenvalue weighted by molar-refractivity contribution is 7.95. The molecule has 0 saturated heterocycles. The zero-order valence-corrected chi connectivity index (χ0v) is 9.88. The fourth-order valence-corrected chi connectivity index (χ4v) is 1.67. The van der Waals surface area contributed by atoms with Gasteiger partial charge in [0, 0.05) is 12.0 Å². The van der Waals surface area contributed by atoms with Gasteiger partial charge in [0.1, 0.15) is 0 Å². The number of rotatable bonds is 7. The predicted octanol–water partition coefficient (Wildman–Crippen LogP) is -0.956. The Kier molecular flexibility index (Phi) is 6.87. The highest BCUT2D eigenvalue weighted by Gasteiger charge is 2.28. The van der Waals surface area contributed by atoms with E-state index in [0.29, 0.717) is 0 Å². The van der Waals surface area contributed by atoms with Crippen LogP contribution in [-0.4, -0.2) is 52.4 Å². The molecule has 0 aliphatic carbocycles. The molecule has 0 aromatic carbocycles. The lowest BCUT2D eigenvalue weighted by molar-refractivity contribution is -0.00195. The summed E-state index contributed by atoms with van der Waals surface area (Å²) in [6, 6.07) is -0.658. The van der Waals surface area contributed by atoms with Crippen molar-refractivity contribution in [2.75, 3.05) is 26.4 Å². The number of hydrogen-bond acceptors (Lipinski definition) is 5. The van der Waals surface area contributed by atoms with Gasteiger partial charge in [-0.1, -0.05) is 0 Å². The summed E-state index contributed by atoms with van der Waals surface area (Å²) in [7, 11) is 0.282. The molecule has 0 saturated carbocycles. The number of urea groups is 1. The highest BCUT2D eigenvalue weighted by Crippen LogP contribution is 2.21. The minimum Gasteiger partial charge on any atom is -0.396 e. The van der Waals surface area contributed by atoms with E-state index in [2.05, 4.69) is 11.8 Å². The SMILES string of the molecule is NC(=O)N(CCC(CO)(CO)CO)P=S. The zero-order chi connectivity index (χ0) is 11.9. The van der Waals surface area contributed by atoms with Crippen LogP contribution in [0.2, 0.25) is 0 Å². The van der Waals surface area contributed by atoms with Crippen molar-refractivity contribution in [1.82, 2.24) is 4.67 Å². The number of carbonyl (C=O) groups excluding carboxylic acids is 1. The van der Waals surface area contributed by atoms with Crippen molar-refractivity contribution in [3.05, 3.63) is 0 Å². The van der Waals surface area contributed by atoms with Gasteiger partial charge in [-0.2, -0.15) is 0 Å². The molecule has 0 atom stereocenters. The van der Waals surface area contributed by atoms with Gasteiger partial charge >= 0.3 is 6.03 Å². The molecule has 5 N–H and O–H groups in total. The number of hydrogen-bond donors (Lipinski definition) is 4. The van der Waals surface area contributed by atoms with Crippen LogP contribution in [-0.2, 0) is 11.8 Å². The van der Waals surface area contributed by atoms with Gasteiger partial charge in [0.2, 0.25) is 0 Å². The van der Waals surface area contributed by atoms with Crippen molar-refractivity contribution in [3.8, 4) is 0 Å². The molecule has 0 heterocycles. The Bertz CT molecular complexity index is 217. The third kappa shape index (κ3) is 4.36. The second kappa shape index (κ2) is 7.03. The second-order valence-corrected chi connectivity index (χ2v) is 4.40. The molecule has 0 spiro atoms. The Morgan fingerprint density at radius 1 is 1.33 bits per heavy atom. The lowest BCUT2D eigenvalue weighted by Gasteiger charge is -2.28. The smallest absolute Gasteiger partial charge is 0.322 e. The van der Waals surface area contributed by atoms with Gasteiger partial charge in [0.15, 0.2) is 0 Å². The minimum absolute atomic E-state index is 0.196. The number of amides is 2. The first-order valence-corrected chi connectivity index (χ1v) is 6.14. The van der Waals surface area contributed by atoms with Gasteiger partial charge in [0.05, 0.1) is 27.3 Å². The van der Waals surface area contributed by atoms with Crippen molar-refractivity contribution in [3.63, 3.8) is 0 Å². The molecule has 6 nitrogen and oxygen atoms in total. The van der Waals surface area contributed by atoms with E-state index in [9.17, 15) is 4.79 Å². The lowest BCUT2D eigenvalue weighted by Crippen LogP contribution is -2.38. The number of nitrogens with zero attached hydrogens (tertiary/aromatic N) is 1. The summed E-state index contributed by atoms with van der Waals surface area (Å²) in [5, 5.41) is 27.1. The largest absolute Gasteiger partial charge is 0.396 e. The molecule has 0 aliphatic heterocycles. The van der Waals surface area contributed by atoms with Crippen LogP contribution in [0.3, 0.4) is 0 Å². The fraction of sp³-hybridized carbons (Fsp3) is 0.857. The first-order chi connectivity index (χ1) is 7.05. The number of aliphatic hydroxyl groups is 3. The molecule has 0 fully saturated rings. The van der Waals surface area contributed by atoms with Crippen LogP contribution < -0.4 is 5.73 Å². The standard InChI is InChI=1S/C7H15N2O4PS/c8-6(13)9(14-15)2-1-7(3-10,4-11)5-12/h10-12H,1-5H2,(H2,8,13). The second-order valence-electron chi connectivity index (χ2n) is 3.27. The zero-order valence-electron chi connectivity index (χ0n) is 8.17. The van der Waals surface area contributed by atoms with Crippen LogP contribution in [0.4, 0.5) is 4.79 Å². The highest BCUT2D eigenvalue weighted by atomic mass is 32.4. The van der Waals surface area contributed by atoms with Crippen molar-refractivity contribution in [2.45, 2.75) is 6.42 Å². The Hall–Kier alpha value is -0.330. The average molecular weight is 254 g/mol. The van der Waals surface area contributed by atoms with Crippen molar-refractivity contribution in [2.24, 2.45) is 11.1 Å². The predicted molar refractivity (Wildman–Crippen MR) is 58.9 cm³/mol. The van der Waals surface area contributed by atoms with E-state index in [-0.39, 0.29) is 40.3 Å². The molecule has 0 bridgehead atoms. The quantitative estimate of drug-likeness (QED) is 0.438. The molecule has 0 unspecified atom stereocenters. The third-order valence-corrected chi connectivity index (χ3v) is 3.40. The normalized spacial score (nSPS) is 11.7. The molecule has 8 heteroatoms.